The molecule has 2 aromatic rings. The molecule has 5 heteroatoms. The minimum absolute atomic E-state index is 0.267. The molecule has 0 fully saturated rings. The fraction of sp³-hybridized carbons (Fsp3) is 0.333. The summed E-state index contributed by atoms with van der Waals surface area (Å²) >= 11 is 0. The van der Waals surface area contributed by atoms with Crippen molar-refractivity contribution in [3.05, 3.63) is 42.1 Å². The standard InChI is InChI=1S/C15H20N4O/c1-11(2)19(10-12-5-4-6-13(16)9-12)15-17-8-7-14(18-15)20-3/h4-9,11H,10,16H2,1-3H3. The second kappa shape index (κ2) is 6.23. The molecular weight excluding hydrogens is 252 g/mol. The van der Waals surface area contributed by atoms with Gasteiger partial charge >= 0.3 is 0 Å². The maximum atomic E-state index is 5.82. The predicted molar refractivity (Wildman–Crippen MR) is 80.8 cm³/mol. The van der Waals surface area contributed by atoms with Crippen molar-refractivity contribution in [1.29, 1.82) is 0 Å². The van der Waals surface area contributed by atoms with Gasteiger partial charge in [-0.25, -0.2) is 4.98 Å². The van der Waals surface area contributed by atoms with E-state index in [1.165, 1.54) is 0 Å². The quantitative estimate of drug-likeness (QED) is 0.847. The second-order valence-electron chi connectivity index (χ2n) is 4.87. The lowest BCUT2D eigenvalue weighted by molar-refractivity contribution is 0.396. The van der Waals surface area contributed by atoms with Crippen LogP contribution >= 0.6 is 0 Å². The highest BCUT2D eigenvalue weighted by atomic mass is 16.5. The van der Waals surface area contributed by atoms with E-state index >= 15 is 0 Å². The monoisotopic (exact) mass is 272 g/mol. The molecule has 1 aromatic carbocycles. The number of anilines is 2. The van der Waals surface area contributed by atoms with Crippen molar-refractivity contribution in [3.63, 3.8) is 0 Å². The topological polar surface area (TPSA) is 64.3 Å². The van der Waals surface area contributed by atoms with Gasteiger partial charge in [0.05, 0.1) is 7.11 Å². The van der Waals surface area contributed by atoms with Crippen LogP contribution in [0.2, 0.25) is 0 Å². The maximum absolute atomic E-state index is 5.82. The summed E-state index contributed by atoms with van der Waals surface area (Å²) in [7, 11) is 1.60. The summed E-state index contributed by atoms with van der Waals surface area (Å²) in [5.74, 6) is 1.22. The fourth-order valence-corrected chi connectivity index (χ4v) is 1.96. The van der Waals surface area contributed by atoms with Crippen molar-refractivity contribution in [1.82, 2.24) is 9.97 Å². The molecule has 0 saturated heterocycles. The number of ether oxygens (including phenoxy) is 1. The molecule has 0 aliphatic carbocycles. The molecule has 1 aromatic heterocycles. The highest BCUT2D eigenvalue weighted by Gasteiger charge is 2.14. The van der Waals surface area contributed by atoms with E-state index < -0.39 is 0 Å². The minimum Gasteiger partial charge on any atom is -0.481 e. The van der Waals surface area contributed by atoms with Gasteiger partial charge in [0.2, 0.25) is 11.8 Å². The summed E-state index contributed by atoms with van der Waals surface area (Å²) in [6.45, 7) is 4.92. The SMILES string of the molecule is COc1ccnc(N(Cc2cccc(N)c2)C(C)C)n1. The molecule has 0 amide bonds. The third-order valence-corrected chi connectivity index (χ3v) is 3.01. The van der Waals surface area contributed by atoms with E-state index in [1.807, 2.05) is 24.3 Å². The van der Waals surface area contributed by atoms with E-state index in [1.54, 1.807) is 19.4 Å². The Morgan fingerprint density at radius 1 is 1.30 bits per heavy atom. The van der Waals surface area contributed by atoms with Crippen LogP contribution in [0.4, 0.5) is 11.6 Å². The molecule has 0 radical (unpaired) electrons. The third-order valence-electron chi connectivity index (χ3n) is 3.01. The van der Waals surface area contributed by atoms with Gasteiger partial charge in [-0.1, -0.05) is 12.1 Å². The Morgan fingerprint density at radius 3 is 2.75 bits per heavy atom. The Labute approximate surface area is 119 Å². The third kappa shape index (κ3) is 3.38. The molecule has 0 bridgehead atoms. The van der Waals surface area contributed by atoms with Crippen molar-refractivity contribution in [2.45, 2.75) is 26.4 Å². The summed E-state index contributed by atoms with van der Waals surface area (Å²) in [6, 6.07) is 9.86. The molecule has 0 aliphatic rings. The Bertz CT molecular complexity index is 571. The molecule has 106 valence electrons. The predicted octanol–water partition coefficient (Wildman–Crippen LogP) is 2.48. The van der Waals surface area contributed by atoms with Crippen LogP contribution in [0.1, 0.15) is 19.4 Å². The van der Waals surface area contributed by atoms with Crippen LogP contribution in [0.25, 0.3) is 0 Å². The average molecular weight is 272 g/mol. The Kier molecular flexibility index (Phi) is 4.40. The molecule has 0 aliphatic heterocycles. The van der Waals surface area contributed by atoms with Crippen LogP contribution in [0.5, 0.6) is 5.88 Å². The van der Waals surface area contributed by atoms with Crippen molar-refractivity contribution >= 4 is 11.6 Å². The van der Waals surface area contributed by atoms with E-state index in [0.717, 1.165) is 11.3 Å². The highest BCUT2D eigenvalue weighted by molar-refractivity contribution is 5.43. The van der Waals surface area contributed by atoms with Gasteiger partial charge in [-0.15, -0.1) is 0 Å². The normalized spacial score (nSPS) is 10.6. The molecule has 1 heterocycles. The molecule has 2 N–H and O–H groups in total. The first-order chi connectivity index (χ1) is 9.60. The molecule has 0 saturated carbocycles. The maximum Gasteiger partial charge on any atom is 0.229 e. The zero-order chi connectivity index (χ0) is 14.5. The van der Waals surface area contributed by atoms with Gasteiger partial charge in [0.1, 0.15) is 0 Å². The summed E-state index contributed by atoms with van der Waals surface area (Å²) in [4.78, 5) is 10.8. The van der Waals surface area contributed by atoms with E-state index in [0.29, 0.717) is 18.4 Å². The van der Waals surface area contributed by atoms with Crippen LogP contribution in [0, 0.1) is 0 Å². The van der Waals surface area contributed by atoms with Crippen molar-refractivity contribution < 1.29 is 4.74 Å². The number of hydrogen-bond acceptors (Lipinski definition) is 5. The van der Waals surface area contributed by atoms with Crippen molar-refractivity contribution in [2.24, 2.45) is 0 Å². The van der Waals surface area contributed by atoms with E-state index in [-0.39, 0.29) is 6.04 Å². The second-order valence-corrected chi connectivity index (χ2v) is 4.87. The van der Waals surface area contributed by atoms with Gasteiger partial charge < -0.3 is 15.4 Å². The zero-order valence-corrected chi connectivity index (χ0v) is 12.1. The lowest BCUT2D eigenvalue weighted by Gasteiger charge is -2.27. The summed E-state index contributed by atoms with van der Waals surface area (Å²) < 4.78 is 5.16. The smallest absolute Gasteiger partial charge is 0.229 e. The Balaban J connectivity index is 2.27. The van der Waals surface area contributed by atoms with Gasteiger partial charge in [-0.3, -0.25) is 0 Å². The summed E-state index contributed by atoms with van der Waals surface area (Å²) in [5, 5.41) is 0. The van der Waals surface area contributed by atoms with E-state index in [2.05, 4.69) is 28.7 Å². The van der Waals surface area contributed by atoms with E-state index in [4.69, 9.17) is 10.5 Å². The number of rotatable bonds is 5. The first kappa shape index (κ1) is 14.1. The molecule has 0 spiro atoms. The molecule has 2 rings (SSSR count). The molecule has 20 heavy (non-hydrogen) atoms. The Morgan fingerprint density at radius 2 is 2.10 bits per heavy atom. The highest BCUT2D eigenvalue weighted by Crippen LogP contribution is 2.19. The van der Waals surface area contributed by atoms with Crippen molar-refractivity contribution in [2.75, 3.05) is 17.7 Å². The average Bonchev–Trinajstić information content (AvgIpc) is 2.44. The van der Waals surface area contributed by atoms with Gasteiger partial charge in [-0.05, 0) is 31.5 Å². The number of nitrogens with zero attached hydrogens (tertiary/aromatic N) is 3. The molecule has 0 atom stereocenters. The summed E-state index contributed by atoms with van der Waals surface area (Å²) in [6.07, 6.45) is 1.70. The molecule has 5 nitrogen and oxygen atoms in total. The van der Waals surface area contributed by atoms with Crippen LogP contribution in [-0.4, -0.2) is 23.1 Å². The number of aromatic nitrogens is 2. The van der Waals surface area contributed by atoms with Crippen LogP contribution in [0.15, 0.2) is 36.5 Å². The van der Waals surface area contributed by atoms with Gasteiger partial charge in [0.15, 0.2) is 0 Å². The van der Waals surface area contributed by atoms with E-state index in [9.17, 15) is 0 Å². The summed E-state index contributed by atoms with van der Waals surface area (Å²) in [5.41, 5.74) is 7.72. The lowest BCUT2D eigenvalue weighted by Crippen LogP contribution is -2.31. The van der Waals surface area contributed by atoms with Crippen LogP contribution < -0.4 is 15.4 Å². The number of nitrogen functional groups attached to an aromatic ring is 1. The number of methoxy groups -OCH3 is 1. The Hall–Kier alpha value is -2.30. The fourth-order valence-electron chi connectivity index (χ4n) is 1.96. The number of benzene rings is 1. The largest absolute Gasteiger partial charge is 0.481 e. The molecular formula is C15H20N4O. The van der Waals surface area contributed by atoms with Crippen molar-refractivity contribution in [3.8, 4) is 5.88 Å². The van der Waals surface area contributed by atoms with Gasteiger partial charge in [-0.2, -0.15) is 4.98 Å². The zero-order valence-electron chi connectivity index (χ0n) is 12.1. The number of hydrogen-bond donors (Lipinski definition) is 1. The van der Waals surface area contributed by atoms with Gasteiger partial charge in [0, 0.05) is 30.5 Å². The lowest BCUT2D eigenvalue weighted by atomic mass is 10.2. The first-order valence-electron chi connectivity index (χ1n) is 6.58. The number of nitrogens with two attached hydrogens (primary N) is 1. The minimum atomic E-state index is 0.267. The molecule has 0 unspecified atom stereocenters. The first-order valence-corrected chi connectivity index (χ1v) is 6.58. The van der Waals surface area contributed by atoms with Crippen LogP contribution in [0.3, 0.4) is 0 Å². The van der Waals surface area contributed by atoms with Gasteiger partial charge in [0.25, 0.3) is 0 Å². The van der Waals surface area contributed by atoms with Crippen LogP contribution in [-0.2, 0) is 6.54 Å².